The molecule has 2 N–H and O–H groups in total. The lowest BCUT2D eigenvalue weighted by Gasteiger charge is -2.29. The highest BCUT2D eigenvalue weighted by Gasteiger charge is 2.19. The number of pyridine rings is 1. The van der Waals surface area contributed by atoms with Gasteiger partial charge in [0.15, 0.2) is 0 Å². The van der Waals surface area contributed by atoms with Gasteiger partial charge in [0, 0.05) is 48.3 Å². The number of rotatable bonds is 9. The minimum absolute atomic E-state index is 0.305. The van der Waals surface area contributed by atoms with Crippen molar-refractivity contribution in [1.29, 1.82) is 0 Å². The van der Waals surface area contributed by atoms with Crippen LogP contribution in [0.4, 0.5) is 5.95 Å². The van der Waals surface area contributed by atoms with E-state index >= 15 is 0 Å². The molecule has 1 fully saturated rings. The van der Waals surface area contributed by atoms with Crippen LogP contribution in [0.5, 0.6) is 0 Å². The van der Waals surface area contributed by atoms with Gasteiger partial charge in [0.25, 0.3) is 0 Å². The summed E-state index contributed by atoms with van der Waals surface area (Å²) in [6.07, 6.45) is 13.1. The lowest BCUT2D eigenvalue weighted by Crippen LogP contribution is -2.44. The molecular weight excluding hydrogens is 442 g/mol. The molecule has 0 unspecified atom stereocenters. The average molecular weight is 478 g/mol. The predicted molar refractivity (Wildman–Crippen MR) is 148 cm³/mol. The predicted octanol–water partition coefficient (Wildman–Crippen LogP) is 6.46. The third kappa shape index (κ3) is 6.35. The monoisotopic (exact) mass is 477 g/mol. The molecule has 184 valence electrons. The maximum atomic E-state index is 5.00. The van der Waals surface area contributed by atoms with Crippen LogP contribution >= 0.6 is 0 Å². The van der Waals surface area contributed by atoms with Crippen LogP contribution in [0, 0.1) is 6.92 Å². The first-order valence-corrected chi connectivity index (χ1v) is 13.1. The molecule has 36 heavy (non-hydrogen) atoms. The maximum absolute atomic E-state index is 5.00. The van der Waals surface area contributed by atoms with Crippen molar-refractivity contribution in [1.82, 2.24) is 20.3 Å². The van der Waals surface area contributed by atoms with Crippen LogP contribution < -0.4 is 10.6 Å². The Balaban J connectivity index is 1.38. The number of aryl methyl sites for hydroxylation is 1. The lowest BCUT2D eigenvalue weighted by atomic mass is 9.94. The van der Waals surface area contributed by atoms with Crippen LogP contribution in [-0.2, 0) is 6.42 Å². The van der Waals surface area contributed by atoms with Gasteiger partial charge in [0.05, 0.1) is 5.69 Å². The molecule has 0 amide bonds. The summed E-state index contributed by atoms with van der Waals surface area (Å²) >= 11 is 0. The fourth-order valence-corrected chi connectivity index (χ4v) is 5.13. The van der Waals surface area contributed by atoms with Gasteiger partial charge < -0.3 is 10.6 Å². The maximum Gasteiger partial charge on any atom is 0.223 e. The summed E-state index contributed by atoms with van der Waals surface area (Å²) in [7, 11) is 0. The van der Waals surface area contributed by atoms with Crippen molar-refractivity contribution in [2.75, 3.05) is 11.9 Å². The molecule has 2 heterocycles. The standard InChI is InChI=1S/C31H35N5/c1-23-9-8-12-26(19-23)29-22-34-31(36-30(29)25-15-17-32-18-16-25)33-21-28(20-24-10-4-2-5-11-24)35-27-13-6-3-7-14-27/h2,4-5,8-12,15-19,22,27-28,35H,3,6-7,13-14,20-21H2,1H3,(H,33,34,36)/t28-/m0/s1. The zero-order chi connectivity index (χ0) is 24.6. The summed E-state index contributed by atoms with van der Waals surface area (Å²) < 4.78 is 0. The Hall–Kier alpha value is -3.57. The topological polar surface area (TPSA) is 62.7 Å². The van der Waals surface area contributed by atoms with Gasteiger partial charge in [0.2, 0.25) is 5.95 Å². The zero-order valence-electron chi connectivity index (χ0n) is 21.0. The highest BCUT2D eigenvalue weighted by molar-refractivity contribution is 5.80. The Morgan fingerprint density at radius 1 is 0.889 bits per heavy atom. The van der Waals surface area contributed by atoms with E-state index in [9.17, 15) is 0 Å². The van der Waals surface area contributed by atoms with Gasteiger partial charge in [-0.3, -0.25) is 4.98 Å². The van der Waals surface area contributed by atoms with Crippen molar-refractivity contribution in [3.8, 4) is 22.4 Å². The van der Waals surface area contributed by atoms with Crippen LogP contribution in [-0.4, -0.2) is 33.6 Å². The quantitative estimate of drug-likeness (QED) is 0.290. The van der Waals surface area contributed by atoms with Crippen molar-refractivity contribution >= 4 is 5.95 Å². The molecule has 0 spiro atoms. The molecular formula is C31H35N5. The fraction of sp³-hybridized carbons (Fsp3) is 0.323. The molecule has 5 rings (SSSR count). The van der Waals surface area contributed by atoms with Gasteiger partial charge in [-0.2, -0.15) is 0 Å². The number of nitrogens with one attached hydrogen (secondary N) is 2. The number of benzene rings is 2. The first-order valence-electron chi connectivity index (χ1n) is 13.1. The van der Waals surface area contributed by atoms with Gasteiger partial charge in [-0.25, -0.2) is 9.97 Å². The summed E-state index contributed by atoms with van der Waals surface area (Å²) in [5.74, 6) is 0.654. The largest absolute Gasteiger partial charge is 0.353 e. The fourth-order valence-electron chi connectivity index (χ4n) is 5.13. The molecule has 0 bridgehead atoms. The number of hydrogen-bond donors (Lipinski definition) is 2. The first kappa shape index (κ1) is 24.1. The van der Waals surface area contributed by atoms with Gasteiger partial charge >= 0.3 is 0 Å². The van der Waals surface area contributed by atoms with Gasteiger partial charge in [-0.15, -0.1) is 0 Å². The SMILES string of the molecule is Cc1cccc(-c2cnc(NC[C@H](Cc3ccccc3)NC3CCCCC3)nc2-c2ccncc2)c1. The van der Waals surface area contributed by atoms with E-state index in [1.54, 1.807) is 0 Å². The summed E-state index contributed by atoms with van der Waals surface area (Å²) in [5.41, 5.74) is 6.66. The Kier molecular flexibility index (Phi) is 7.99. The van der Waals surface area contributed by atoms with Crippen LogP contribution in [0.1, 0.15) is 43.2 Å². The highest BCUT2D eigenvalue weighted by Crippen LogP contribution is 2.31. The van der Waals surface area contributed by atoms with E-state index in [-0.39, 0.29) is 0 Å². The minimum atomic E-state index is 0.305. The van der Waals surface area contributed by atoms with Crippen LogP contribution in [0.15, 0.2) is 85.3 Å². The van der Waals surface area contributed by atoms with Crippen molar-refractivity contribution in [2.24, 2.45) is 0 Å². The molecule has 4 aromatic rings. The van der Waals surface area contributed by atoms with E-state index in [4.69, 9.17) is 9.97 Å². The summed E-state index contributed by atoms with van der Waals surface area (Å²) in [5, 5.41) is 7.49. The van der Waals surface area contributed by atoms with E-state index in [1.807, 2.05) is 30.7 Å². The van der Waals surface area contributed by atoms with E-state index in [0.29, 0.717) is 18.0 Å². The van der Waals surface area contributed by atoms with Crippen LogP contribution in [0.25, 0.3) is 22.4 Å². The van der Waals surface area contributed by atoms with Crippen LogP contribution in [0.2, 0.25) is 0 Å². The zero-order valence-corrected chi connectivity index (χ0v) is 21.0. The molecule has 5 heteroatoms. The summed E-state index contributed by atoms with van der Waals surface area (Å²) in [6.45, 7) is 2.88. The lowest BCUT2D eigenvalue weighted by molar-refractivity contribution is 0.339. The van der Waals surface area contributed by atoms with E-state index in [2.05, 4.69) is 77.1 Å². The Bertz CT molecular complexity index is 1240. The Morgan fingerprint density at radius 2 is 1.69 bits per heavy atom. The Morgan fingerprint density at radius 3 is 2.47 bits per heavy atom. The average Bonchev–Trinajstić information content (AvgIpc) is 2.93. The number of aromatic nitrogens is 3. The summed E-state index contributed by atoms with van der Waals surface area (Å²) in [4.78, 5) is 13.9. The number of nitrogens with zero attached hydrogens (tertiary/aromatic N) is 3. The van der Waals surface area contributed by atoms with Crippen molar-refractivity contribution < 1.29 is 0 Å². The van der Waals surface area contributed by atoms with E-state index in [1.165, 1.54) is 43.2 Å². The van der Waals surface area contributed by atoms with Gasteiger partial charge in [-0.05, 0) is 49.4 Å². The third-order valence-electron chi connectivity index (χ3n) is 6.98. The molecule has 0 radical (unpaired) electrons. The second kappa shape index (κ2) is 11.9. The molecule has 2 aromatic heterocycles. The number of anilines is 1. The molecule has 1 aliphatic carbocycles. The second-order valence-corrected chi connectivity index (χ2v) is 9.83. The highest BCUT2D eigenvalue weighted by atomic mass is 15.1. The third-order valence-corrected chi connectivity index (χ3v) is 6.98. The minimum Gasteiger partial charge on any atom is -0.353 e. The smallest absolute Gasteiger partial charge is 0.223 e. The van der Waals surface area contributed by atoms with Gasteiger partial charge in [0.1, 0.15) is 0 Å². The van der Waals surface area contributed by atoms with E-state index in [0.717, 1.165) is 35.3 Å². The normalized spacial score (nSPS) is 14.9. The summed E-state index contributed by atoms with van der Waals surface area (Å²) in [6, 6.07) is 24.1. The molecule has 5 nitrogen and oxygen atoms in total. The first-order chi connectivity index (χ1) is 17.7. The second-order valence-electron chi connectivity index (χ2n) is 9.83. The van der Waals surface area contributed by atoms with Gasteiger partial charge in [-0.1, -0.05) is 79.4 Å². The molecule has 2 aromatic carbocycles. The molecule has 1 aliphatic rings. The van der Waals surface area contributed by atoms with Crippen LogP contribution in [0.3, 0.4) is 0 Å². The molecule has 1 saturated carbocycles. The van der Waals surface area contributed by atoms with Crippen molar-refractivity contribution in [2.45, 2.75) is 57.5 Å². The van der Waals surface area contributed by atoms with Crippen molar-refractivity contribution in [3.63, 3.8) is 0 Å². The molecule has 1 atom stereocenters. The van der Waals surface area contributed by atoms with Crippen molar-refractivity contribution in [3.05, 3.63) is 96.4 Å². The number of hydrogen-bond acceptors (Lipinski definition) is 5. The Labute approximate surface area is 214 Å². The van der Waals surface area contributed by atoms with E-state index < -0.39 is 0 Å². The molecule has 0 saturated heterocycles. The molecule has 0 aliphatic heterocycles.